The van der Waals surface area contributed by atoms with Crippen LogP contribution in [0.5, 0.6) is 0 Å². The van der Waals surface area contributed by atoms with Crippen LogP contribution in [-0.2, 0) is 4.79 Å². The number of nitrogens with one attached hydrogen (secondary N) is 2. The zero-order chi connectivity index (χ0) is 15.7. The molecule has 0 aromatic heterocycles. The van der Waals surface area contributed by atoms with Crippen molar-refractivity contribution in [3.05, 3.63) is 28.8 Å². The van der Waals surface area contributed by atoms with E-state index in [2.05, 4.69) is 17.6 Å². The second-order valence-corrected chi connectivity index (χ2v) is 7.45. The lowest BCUT2D eigenvalue weighted by atomic mass is 9.84. The minimum atomic E-state index is 0.0143. The summed E-state index contributed by atoms with van der Waals surface area (Å²) >= 11 is 5.93. The maximum Gasteiger partial charge on any atom is 0.238 e. The minimum absolute atomic E-state index is 0.0143. The molecular weight excluding hydrogens is 296 g/mol. The lowest BCUT2D eigenvalue weighted by molar-refractivity contribution is -0.115. The number of carbonyl (C=O) groups excluding carboxylic acids is 1. The first-order valence-electron chi connectivity index (χ1n) is 8.32. The largest absolute Gasteiger partial charge is 0.325 e. The average molecular weight is 321 g/mol. The molecule has 1 aromatic rings. The molecule has 2 fully saturated rings. The van der Waals surface area contributed by atoms with Crippen molar-refractivity contribution in [1.82, 2.24) is 5.32 Å². The van der Waals surface area contributed by atoms with Gasteiger partial charge in [-0.15, -0.1) is 0 Å². The zero-order valence-corrected chi connectivity index (χ0v) is 14.1. The van der Waals surface area contributed by atoms with Gasteiger partial charge in [-0.3, -0.25) is 4.79 Å². The van der Waals surface area contributed by atoms with Gasteiger partial charge >= 0.3 is 0 Å². The topological polar surface area (TPSA) is 41.1 Å². The van der Waals surface area contributed by atoms with E-state index in [0.29, 0.717) is 17.6 Å². The quantitative estimate of drug-likeness (QED) is 0.861. The summed E-state index contributed by atoms with van der Waals surface area (Å²) in [6.45, 7) is 4.55. The van der Waals surface area contributed by atoms with Gasteiger partial charge in [-0.25, -0.2) is 0 Å². The molecular formula is C18H25ClN2O. The first-order valence-corrected chi connectivity index (χ1v) is 8.70. The molecule has 22 heavy (non-hydrogen) atoms. The number of benzene rings is 1. The summed E-state index contributed by atoms with van der Waals surface area (Å²) in [4.78, 5) is 12.1. The Morgan fingerprint density at radius 3 is 2.82 bits per heavy atom. The second-order valence-electron chi connectivity index (χ2n) is 7.02. The van der Waals surface area contributed by atoms with E-state index in [1.54, 1.807) is 6.07 Å². The third-order valence-corrected chi connectivity index (χ3v) is 5.72. The Kier molecular flexibility index (Phi) is 4.74. The van der Waals surface area contributed by atoms with Crippen LogP contribution in [-0.4, -0.2) is 18.5 Å². The standard InChI is InChI=1S/C18H25ClN2O/c1-11-7-15(19)5-6-17(11)21-18(22)10-20-12(2)16-9-13-3-4-14(16)8-13/h5-7,12-14,16,20H,3-4,8-10H2,1-2H3,(H,21,22). The minimum Gasteiger partial charge on any atom is -0.325 e. The number of anilines is 1. The second kappa shape index (κ2) is 6.59. The van der Waals surface area contributed by atoms with Crippen LogP contribution in [0.25, 0.3) is 0 Å². The fourth-order valence-electron chi connectivity index (χ4n) is 4.27. The molecule has 1 aromatic carbocycles. The molecule has 0 spiro atoms. The van der Waals surface area contributed by atoms with Crippen LogP contribution in [0.15, 0.2) is 18.2 Å². The number of amides is 1. The maximum absolute atomic E-state index is 12.1. The molecule has 0 heterocycles. The van der Waals surface area contributed by atoms with E-state index in [4.69, 9.17) is 11.6 Å². The summed E-state index contributed by atoms with van der Waals surface area (Å²) < 4.78 is 0. The molecule has 4 unspecified atom stereocenters. The van der Waals surface area contributed by atoms with Crippen molar-refractivity contribution in [2.75, 3.05) is 11.9 Å². The van der Waals surface area contributed by atoms with Crippen LogP contribution in [0, 0.1) is 24.7 Å². The fraction of sp³-hybridized carbons (Fsp3) is 0.611. The maximum atomic E-state index is 12.1. The SMILES string of the molecule is Cc1cc(Cl)ccc1NC(=O)CNC(C)C1CC2CCC1C2. The van der Waals surface area contributed by atoms with Crippen molar-refractivity contribution < 1.29 is 4.79 Å². The Hall–Kier alpha value is -1.06. The molecule has 4 heteroatoms. The third-order valence-electron chi connectivity index (χ3n) is 5.48. The van der Waals surface area contributed by atoms with Crippen molar-refractivity contribution in [3.63, 3.8) is 0 Å². The normalized spacial score (nSPS) is 27.9. The smallest absolute Gasteiger partial charge is 0.238 e. The van der Waals surface area contributed by atoms with Crippen LogP contribution >= 0.6 is 11.6 Å². The van der Waals surface area contributed by atoms with E-state index >= 15 is 0 Å². The van der Waals surface area contributed by atoms with E-state index in [-0.39, 0.29) is 5.91 Å². The Balaban J connectivity index is 1.48. The number of hydrogen-bond acceptors (Lipinski definition) is 2. The van der Waals surface area contributed by atoms with Crippen molar-refractivity contribution in [3.8, 4) is 0 Å². The van der Waals surface area contributed by atoms with Crippen molar-refractivity contribution >= 4 is 23.2 Å². The lowest BCUT2D eigenvalue weighted by Gasteiger charge is -2.28. The highest BCUT2D eigenvalue weighted by Crippen LogP contribution is 2.49. The zero-order valence-electron chi connectivity index (χ0n) is 13.4. The monoisotopic (exact) mass is 320 g/mol. The predicted octanol–water partition coefficient (Wildman–Crippen LogP) is 4.00. The number of fused-ring (bicyclic) bond motifs is 2. The molecule has 1 amide bonds. The molecule has 120 valence electrons. The van der Waals surface area contributed by atoms with Crippen LogP contribution in [0.4, 0.5) is 5.69 Å². The summed E-state index contributed by atoms with van der Waals surface area (Å²) in [7, 11) is 0. The van der Waals surface area contributed by atoms with Gasteiger partial charge in [0.2, 0.25) is 5.91 Å². The molecule has 2 N–H and O–H groups in total. The number of halogens is 1. The van der Waals surface area contributed by atoms with Gasteiger partial charge in [-0.05, 0) is 74.6 Å². The molecule has 0 saturated heterocycles. The molecule has 2 bridgehead atoms. The van der Waals surface area contributed by atoms with E-state index in [1.165, 1.54) is 25.7 Å². The van der Waals surface area contributed by atoms with Crippen LogP contribution in [0.1, 0.15) is 38.2 Å². The number of carbonyl (C=O) groups is 1. The Morgan fingerprint density at radius 2 is 2.18 bits per heavy atom. The highest BCUT2D eigenvalue weighted by molar-refractivity contribution is 6.30. The Labute approximate surface area is 137 Å². The molecule has 2 aliphatic rings. The average Bonchev–Trinajstić information content (AvgIpc) is 3.10. The summed E-state index contributed by atoms with van der Waals surface area (Å²) in [6.07, 6.45) is 5.56. The van der Waals surface area contributed by atoms with Gasteiger partial charge in [0.15, 0.2) is 0 Å². The summed E-state index contributed by atoms with van der Waals surface area (Å²) in [5.41, 5.74) is 1.82. The van der Waals surface area contributed by atoms with Gasteiger partial charge in [0, 0.05) is 16.8 Å². The molecule has 2 aliphatic carbocycles. The first-order chi connectivity index (χ1) is 10.5. The molecule has 3 rings (SSSR count). The van der Waals surface area contributed by atoms with E-state index in [1.807, 2.05) is 19.1 Å². The third kappa shape index (κ3) is 3.47. The van der Waals surface area contributed by atoms with Crippen molar-refractivity contribution in [1.29, 1.82) is 0 Å². The Morgan fingerprint density at radius 1 is 1.36 bits per heavy atom. The van der Waals surface area contributed by atoms with Crippen LogP contribution < -0.4 is 10.6 Å². The van der Waals surface area contributed by atoms with Crippen LogP contribution in [0.3, 0.4) is 0 Å². The molecule has 4 atom stereocenters. The molecule has 0 radical (unpaired) electrons. The summed E-state index contributed by atoms with van der Waals surface area (Å²) in [5.74, 6) is 2.60. The van der Waals surface area contributed by atoms with Gasteiger partial charge < -0.3 is 10.6 Å². The molecule has 2 saturated carbocycles. The van der Waals surface area contributed by atoms with Crippen molar-refractivity contribution in [2.45, 2.75) is 45.6 Å². The van der Waals surface area contributed by atoms with Gasteiger partial charge in [0.25, 0.3) is 0 Å². The lowest BCUT2D eigenvalue weighted by Crippen LogP contribution is -2.40. The van der Waals surface area contributed by atoms with Crippen LogP contribution in [0.2, 0.25) is 5.02 Å². The molecule has 0 aliphatic heterocycles. The fourth-order valence-corrected chi connectivity index (χ4v) is 4.50. The predicted molar refractivity (Wildman–Crippen MR) is 91.2 cm³/mol. The molecule has 3 nitrogen and oxygen atoms in total. The van der Waals surface area contributed by atoms with E-state index < -0.39 is 0 Å². The van der Waals surface area contributed by atoms with Gasteiger partial charge in [0.05, 0.1) is 6.54 Å². The van der Waals surface area contributed by atoms with Gasteiger partial charge in [0.1, 0.15) is 0 Å². The first kappa shape index (κ1) is 15.8. The summed E-state index contributed by atoms with van der Waals surface area (Å²) in [5, 5.41) is 7.07. The van der Waals surface area contributed by atoms with E-state index in [0.717, 1.165) is 29.0 Å². The number of hydrogen-bond donors (Lipinski definition) is 2. The summed E-state index contributed by atoms with van der Waals surface area (Å²) in [6, 6.07) is 5.94. The highest BCUT2D eigenvalue weighted by Gasteiger charge is 2.41. The van der Waals surface area contributed by atoms with Crippen molar-refractivity contribution in [2.24, 2.45) is 17.8 Å². The van der Waals surface area contributed by atoms with Gasteiger partial charge in [-0.1, -0.05) is 18.0 Å². The number of aryl methyl sites for hydroxylation is 1. The van der Waals surface area contributed by atoms with Gasteiger partial charge in [-0.2, -0.15) is 0 Å². The van der Waals surface area contributed by atoms with E-state index in [9.17, 15) is 4.79 Å². The Bertz CT molecular complexity index is 560. The number of rotatable bonds is 5. The highest BCUT2D eigenvalue weighted by atomic mass is 35.5.